The van der Waals surface area contributed by atoms with Crippen molar-refractivity contribution in [2.24, 2.45) is 0 Å². The topological polar surface area (TPSA) is 31.4 Å². The lowest BCUT2D eigenvalue weighted by molar-refractivity contribution is -0.898. The Bertz CT molecular complexity index is 301. The summed E-state index contributed by atoms with van der Waals surface area (Å²) in [5.41, 5.74) is 1.17. The largest absolute Gasteiger partial charge is 0.619 e. The van der Waals surface area contributed by atoms with Crippen LogP contribution in [-0.2, 0) is 0 Å². The molecule has 1 aliphatic rings. The van der Waals surface area contributed by atoms with E-state index >= 15 is 0 Å². The van der Waals surface area contributed by atoms with Crippen molar-refractivity contribution in [1.29, 1.82) is 0 Å². The first-order chi connectivity index (χ1) is 6.27. The molecule has 1 aromatic rings. The van der Waals surface area contributed by atoms with Crippen LogP contribution in [-0.4, -0.2) is 13.6 Å². The third-order valence-corrected chi connectivity index (χ3v) is 2.86. The summed E-state index contributed by atoms with van der Waals surface area (Å²) in [5.74, 6) is 0. The lowest BCUT2D eigenvalue weighted by atomic mass is 10.1. The molecule has 1 saturated heterocycles. The van der Waals surface area contributed by atoms with Gasteiger partial charge in [-0.05, 0) is 6.07 Å². The fourth-order valence-corrected chi connectivity index (χ4v) is 2.13. The summed E-state index contributed by atoms with van der Waals surface area (Å²) in [7, 11) is 2.19. The van der Waals surface area contributed by atoms with Gasteiger partial charge in [0.15, 0.2) is 12.4 Å². The third kappa shape index (κ3) is 1.65. The molecule has 1 fully saturated rings. The van der Waals surface area contributed by atoms with Crippen molar-refractivity contribution < 1.29 is 9.63 Å². The van der Waals surface area contributed by atoms with Gasteiger partial charge in [-0.2, -0.15) is 4.73 Å². The SMILES string of the molecule is C[NH+]1CCC[C@H]1c1ccc[n+]([O-])c1. The van der Waals surface area contributed by atoms with E-state index in [1.807, 2.05) is 12.1 Å². The van der Waals surface area contributed by atoms with Crippen LogP contribution in [0, 0.1) is 5.21 Å². The Morgan fingerprint density at radius 2 is 2.46 bits per heavy atom. The van der Waals surface area contributed by atoms with Crippen molar-refractivity contribution in [1.82, 2.24) is 0 Å². The predicted molar refractivity (Wildman–Crippen MR) is 49.1 cm³/mol. The molecule has 1 unspecified atom stereocenters. The maximum absolute atomic E-state index is 11.1. The molecule has 0 saturated carbocycles. The molecule has 3 heteroatoms. The van der Waals surface area contributed by atoms with Gasteiger partial charge in [-0.1, -0.05) is 0 Å². The van der Waals surface area contributed by atoms with Gasteiger partial charge >= 0.3 is 0 Å². The van der Waals surface area contributed by atoms with Crippen molar-refractivity contribution in [3.05, 3.63) is 35.3 Å². The number of nitrogens with one attached hydrogen (secondary N) is 1. The van der Waals surface area contributed by atoms with E-state index in [1.54, 1.807) is 6.20 Å². The quantitative estimate of drug-likeness (QED) is 0.464. The van der Waals surface area contributed by atoms with E-state index < -0.39 is 0 Å². The van der Waals surface area contributed by atoms with Crippen LogP contribution in [0.25, 0.3) is 0 Å². The second-order valence-electron chi connectivity index (χ2n) is 3.79. The molecule has 70 valence electrons. The Morgan fingerprint density at radius 1 is 1.62 bits per heavy atom. The van der Waals surface area contributed by atoms with Crippen molar-refractivity contribution in [3.63, 3.8) is 0 Å². The molecule has 0 radical (unpaired) electrons. The second-order valence-corrected chi connectivity index (χ2v) is 3.79. The lowest BCUT2D eigenvalue weighted by Crippen LogP contribution is -3.07. The highest BCUT2D eigenvalue weighted by Crippen LogP contribution is 2.16. The van der Waals surface area contributed by atoms with Gasteiger partial charge < -0.3 is 10.1 Å². The molecule has 0 aliphatic carbocycles. The van der Waals surface area contributed by atoms with Gasteiger partial charge in [0.1, 0.15) is 6.04 Å². The average Bonchev–Trinajstić information content (AvgIpc) is 2.51. The van der Waals surface area contributed by atoms with E-state index in [-0.39, 0.29) is 0 Å². The average molecular weight is 179 g/mol. The monoisotopic (exact) mass is 179 g/mol. The summed E-state index contributed by atoms with van der Waals surface area (Å²) < 4.78 is 0.890. The Hall–Kier alpha value is -1.09. The molecule has 13 heavy (non-hydrogen) atoms. The summed E-state index contributed by atoms with van der Waals surface area (Å²) in [5, 5.41) is 11.1. The zero-order valence-electron chi connectivity index (χ0n) is 7.86. The maximum Gasteiger partial charge on any atom is 0.189 e. The molecule has 1 N–H and O–H groups in total. The summed E-state index contributed by atoms with van der Waals surface area (Å²) in [6, 6.07) is 4.41. The van der Waals surface area contributed by atoms with E-state index in [2.05, 4.69) is 7.05 Å². The normalized spacial score (nSPS) is 27.8. The van der Waals surface area contributed by atoms with Gasteiger partial charge in [0, 0.05) is 18.9 Å². The lowest BCUT2D eigenvalue weighted by Gasteiger charge is -2.15. The molecule has 2 rings (SSSR count). The van der Waals surface area contributed by atoms with Gasteiger partial charge in [-0.15, -0.1) is 0 Å². The molecule has 0 amide bonds. The van der Waals surface area contributed by atoms with Crippen molar-refractivity contribution in [2.45, 2.75) is 18.9 Å². The Kier molecular flexibility index (Phi) is 2.19. The van der Waals surface area contributed by atoms with E-state index in [0.29, 0.717) is 6.04 Å². The highest BCUT2D eigenvalue weighted by atomic mass is 16.5. The second kappa shape index (κ2) is 3.34. The minimum Gasteiger partial charge on any atom is -0.619 e. The molecular formula is C10H15N2O+. The predicted octanol–water partition coefficient (Wildman–Crippen LogP) is -0.330. The molecule has 2 heterocycles. The zero-order valence-corrected chi connectivity index (χ0v) is 7.86. The van der Waals surface area contributed by atoms with E-state index in [1.165, 1.54) is 36.0 Å². The number of pyridine rings is 1. The van der Waals surface area contributed by atoms with Crippen molar-refractivity contribution >= 4 is 0 Å². The van der Waals surface area contributed by atoms with Crippen LogP contribution in [0.3, 0.4) is 0 Å². The summed E-state index contributed by atoms with van der Waals surface area (Å²) in [4.78, 5) is 1.52. The number of hydrogen-bond acceptors (Lipinski definition) is 1. The van der Waals surface area contributed by atoms with Crippen LogP contribution in [0.1, 0.15) is 24.4 Å². The molecule has 2 atom stereocenters. The Morgan fingerprint density at radius 3 is 3.08 bits per heavy atom. The van der Waals surface area contributed by atoms with Crippen LogP contribution in [0.5, 0.6) is 0 Å². The highest BCUT2D eigenvalue weighted by molar-refractivity contribution is 5.09. The number of quaternary nitrogens is 1. The van der Waals surface area contributed by atoms with Crippen molar-refractivity contribution in [2.75, 3.05) is 13.6 Å². The Labute approximate surface area is 78.2 Å². The van der Waals surface area contributed by atoms with E-state index in [0.717, 1.165) is 4.73 Å². The van der Waals surface area contributed by atoms with Crippen LogP contribution >= 0.6 is 0 Å². The van der Waals surface area contributed by atoms with Crippen LogP contribution in [0.2, 0.25) is 0 Å². The first-order valence-corrected chi connectivity index (χ1v) is 4.78. The third-order valence-electron chi connectivity index (χ3n) is 2.86. The van der Waals surface area contributed by atoms with Gasteiger partial charge in [-0.3, -0.25) is 0 Å². The van der Waals surface area contributed by atoms with E-state index in [9.17, 15) is 5.21 Å². The molecular weight excluding hydrogens is 164 g/mol. The number of nitrogens with zero attached hydrogens (tertiary/aromatic N) is 1. The van der Waals surface area contributed by atoms with Gasteiger partial charge in [0.05, 0.1) is 19.2 Å². The highest BCUT2D eigenvalue weighted by Gasteiger charge is 2.27. The first-order valence-electron chi connectivity index (χ1n) is 4.78. The molecule has 1 aliphatic heterocycles. The molecule has 1 aromatic heterocycles. The number of likely N-dealkylation sites (tertiary alicyclic amines) is 1. The van der Waals surface area contributed by atoms with Gasteiger partial charge in [0.25, 0.3) is 0 Å². The smallest absolute Gasteiger partial charge is 0.189 e. The fourth-order valence-electron chi connectivity index (χ4n) is 2.13. The minimum atomic E-state index is 0.529. The van der Waals surface area contributed by atoms with Crippen LogP contribution < -0.4 is 9.63 Å². The summed E-state index contributed by atoms with van der Waals surface area (Å²) >= 11 is 0. The first kappa shape index (κ1) is 8.51. The van der Waals surface area contributed by atoms with Gasteiger partial charge in [-0.25, -0.2) is 0 Å². The van der Waals surface area contributed by atoms with Crippen LogP contribution in [0.4, 0.5) is 0 Å². The van der Waals surface area contributed by atoms with E-state index in [4.69, 9.17) is 0 Å². The fraction of sp³-hybridized carbons (Fsp3) is 0.500. The minimum absolute atomic E-state index is 0.529. The van der Waals surface area contributed by atoms with Gasteiger partial charge in [0.2, 0.25) is 0 Å². The standard InChI is InChI=1S/C10H14N2O/c1-11-6-3-5-10(11)9-4-2-7-12(13)8-9/h2,4,7-8,10H,3,5-6H2,1H3/p+1/t10-/m0/s1. The maximum atomic E-state index is 11.1. The molecule has 0 bridgehead atoms. The molecule has 0 aromatic carbocycles. The summed E-state index contributed by atoms with van der Waals surface area (Å²) in [6.45, 7) is 1.22. The Balaban J connectivity index is 2.24. The summed E-state index contributed by atoms with van der Waals surface area (Å²) in [6.07, 6.45) is 5.70. The molecule has 0 spiro atoms. The van der Waals surface area contributed by atoms with Crippen molar-refractivity contribution in [3.8, 4) is 0 Å². The number of hydrogen-bond donors (Lipinski definition) is 1. The number of rotatable bonds is 1. The molecule has 3 nitrogen and oxygen atoms in total. The zero-order chi connectivity index (χ0) is 9.26. The number of aromatic nitrogens is 1. The van der Waals surface area contributed by atoms with Crippen LogP contribution in [0.15, 0.2) is 24.5 Å².